The third-order valence-electron chi connectivity index (χ3n) is 6.69. The van der Waals surface area contributed by atoms with E-state index in [4.69, 9.17) is 28.6 Å². The Morgan fingerprint density at radius 2 is 1.94 bits per heavy atom. The normalized spacial score (nSPS) is 16.0. The summed E-state index contributed by atoms with van der Waals surface area (Å²) in [5.74, 6) is 0.352. The van der Waals surface area contributed by atoms with Crippen LogP contribution >= 0.6 is 23.2 Å². The van der Waals surface area contributed by atoms with Crippen molar-refractivity contribution in [1.82, 2.24) is 24.4 Å². The minimum atomic E-state index is -0.479. The predicted molar refractivity (Wildman–Crippen MR) is 132 cm³/mol. The van der Waals surface area contributed by atoms with Crippen LogP contribution in [0, 0.1) is 5.41 Å². The van der Waals surface area contributed by atoms with Crippen molar-refractivity contribution in [3.05, 3.63) is 79.7 Å². The summed E-state index contributed by atoms with van der Waals surface area (Å²) in [4.78, 5) is 22.2. The summed E-state index contributed by atoms with van der Waals surface area (Å²) in [6, 6.07) is 11.3. The highest BCUT2D eigenvalue weighted by Crippen LogP contribution is 2.48. The quantitative estimate of drug-likeness (QED) is 0.403. The van der Waals surface area contributed by atoms with Crippen LogP contribution in [0.5, 0.6) is 0 Å². The maximum atomic E-state index is 13.2. The molecule has 6 rings (SSSR count). The van der Waals surface area contributed by atoms with Gasteiger partial charge in [0.2, 0.25) is 5.95 Å². The number of hydrogen-bond donors (Lipinski definition) is 3. The van der Waals surface area contributed by atoms with E-state index in [2.05, 4.69) is 32.7 Å². The number of hydrogen-bond acceptors (Lipinski definition) is 6. The lowest BCUT2D eigenvalue weighted by molar-refractivity contribution is 0.490. The maximum absolute atomic E-state index is 13.2. The monoisotopic (exact) mass is 493 g/mol. The average Bonchev–Trinajstić information content (AvgIpc) is 3.59. The van der Waals surface area contributed by atoms with E-state index in [1.54, 1.807) is 25.2 Å². The first-order valence-electron chi connectivity index (χ1n) is 11.0. The summed E-state index contributed by atoms with van der Waals surface area (Å²) < 4.78 is 2.55. The van der Waals surface area contributed by atoms with Crippen LogP contribution in [0.2, 0.25) is 10.0 Å². The second-order valence-electron chi connectivity index (χ2n) is 8.78. The van der Waals surface area contributed by atoms with E-state index >= 15 is 0 Å². The molecule has 8 nitrogen and oxygen atoms in total. The molecule has 0 radical (unpaired) electrons. The average molecular weight is 494 g/mol. The number of rotatable bonds is 3. The summed E-state index contributed by atoms with van der Waals surface area (Å²) in [7, 11) is 1.60. The Bertz CT molecular complexity index is 1580. The summed E-state index contributed by atoms with van der Waals surface area (Å²) in [5.41, 5.74) is 3.82. The van der Waals surface area contributed by atoms with Gasteiger partial charge in [-0.2, -0.15) is 4.98 Å². The molecule has 172 valence electrons. The highest BCUT2D eigenvalue weighted by Gasteiger charge is 2.46. The van der Waals surface area contributed by atoms with Crippen molar-refractivity contribution in [3.63, 3.8) is 0 Å². The number of para-hydroxylation sites is 1. The second-order valence-corrected chi connectivity index (χ2v) is 9.60. The molecule has 4 aromatic rings. The summed E-state index contributed by atoms with van der Waals surface area (Å²) in [6.45, 7) is 0.979. The molecule has 0 amide bonds. The fraction of sp³-hybridized carbons (Fsp3) is 0.250. The van der Waals surface area contributed by atoms with Gasteiger partial charge in [0, 0.05) is 31.0 Å². The smallest absolute Gasteiger partial charge is 0.324 e. The molecule has 0 atom stereocenters. The fourth-order valence-corrected chi connectivity index (χ4v) is 5.37. The predicted octanol–water partition coefficient (Wildman–Crippen LogP) is 3.78. The summed E-state index contributed by atoms with van der Waals surface area (Å²) in [6.07, 6.45) is 4.88. The van der Waals surface area contributed by atoms with E-state index < -0.39 is 5.69 Å². The van der Waals surface area contributed by atoms with Crippen molar-refractivity contribution >= 4 is 45.9 Å². The van der Waals surface area contributed by atoms with Gasteiger partial charge in [0.25, 0.3) is 0 Å². The molecule has 1 fully saturated rings. The zero-order chi connectivity index (χ0) is 23.6. The standard InChI is InChI=1S/C24H21Cl2N7O/c1-32-21-15(20(27)33(23(32)34)19-17(25)3-2-4-18(19)26)12-28-22(31-21)30-14-5-6-16-13(11-14)7-10-29-24(16)8-9-24/h2-6,11-12,27,29H,7-10H2,1H3,(H,28,30,31). The van der Waals surface area contributed by atoms with Gasteiger partial charge in [0.1, 0.15) is 5.49 Å². The number of halogens is 2. The topological polar surface area (TPSA) is 101 Å². The molecule has 2 aromatic heterocycles. The van der Waals surface area contributed by atoms with Crippen LogP contribution in [0.4, 0.5) is 11.6 Å². The Morgan fingerprint density at radius 1 is 1.18 bits per heavy atom. The lowest BCUT2D eigenvalue weighted by Crippen LogP contribution is -2.38. The molecule has 0 unspecified atom stereocenters. The second kappa shape index (κ2) is 7.66. The van der Waals surface area contributed by atoms with Gasteiger partial charge in [-0.1, -0.05) is 35.3 Å². The van der Waals surface area contributed by atoms with E-state index in [1.165, 1.54) is 39.3 Å². The maximum Gasteiger partial charge on any atom is 0.335 e. The Labute approximate surface area is 204 Å². The van der Waals surface area contributed by atoms with Crippen molar-refractivity contribution in [2.24, 2.45) is 7.05 Å². The first-order valence-corrected chi connectivity index (χ1v) is 11.8. The molecule has 34 heavy (non-hydrogen) atoms. The van der Waals surface area contributed by atoms with E-state index in [1.807, 2.05) is 6.07 Å². The van der Waals surface area contributed by atoms with E-state index in [-0.39, 0.29) is 26.8 Å². The molecule has 3 heterocycles. The van der Waals surface area contributed by atoms with Crippen molar-refractivity contribution in [2.45, 2.75) is 24.8 Å². The lowest BCUT2D eigenvalue weighted by Gasteiger charge is -2.27. The SMILES string of the molecule is Cn1c(=O)n(-c2c(Cl)cccc2Cl)c(=N)c2cnc(Nc3ccc4c(c3)CCNC43CC3)nc21. The van der Waals surface area contributed by atoms with Crippen LogP contribution in [0.15, 0.2) is 47.4 Å². The first kappa shape index (κ1) is 21.3. The molecular weight excluding hydrogens is 473 g/mol. The zero-order valence-corrected chi connectivity index (χ0v) is 19.8. The van der Waals surface area contributed by atoms with E-state index in [9.17, 15) is 4.79 Å². The molecular formula is C24H21Cl2N7O. The largest absolute Gasteiger partial charge is 0.335 e. The number of aromatic nitrogens is 4. The number of nitrogens with zero attached hydrogens (tertiary/aromatic N) is 4. The zero-order valence-electron chi connectivity index (χ0n) is 18.3. The van der Waals surface area contributed by atoms with Gasteiger partial charge in [-0.3, -0.25) is 9.98 Å². The Morgan fingerprint density at radius 3 is 2.68 bits per heavy atom. The molecule has 2 aliphatic rings. The summed E-state index contributed by atoms with van der Waals surface area (Å²) >= 11 is 12.6. The van der Waals surface area contributed by atoms with Gasteiger partial charge in [0.15, 0.2) is 5.65 Å². The molecule has 1 aliphatic carbocycles. The minimum absolute atomic E-state index is 0.0873. The molecule has 0 saturated heterocycles. The van der Waals surface area contributed by atoms with Gasteiger partial charge in [-0.25, -0.2) is 14.3 Å². The number of fused-ring (bicyclic) bond motifs is 3. The van der Waals surface area contributed by atoms with Gasteiger partial charge >= 0.3 is 5.69 Å². The molecule has 3 N–H and O–H groups in total. The van der Waals surface area contributed by atoms with Crippen molar-refractivity contribution < 1.29 is 0 Å². The Kier molecular flexibility index (Phi) is 4.81. The van der Waals surface area contributed by atoms with Crippen molar-refractivity contribution in [2.75, 3.05) is 11.9 Å². The number of anilines is 2. The molecule has 1 spiro atoms. The van der Waals surface area contributed by atoms with Crippen LogP contribution in [0.1, 0.15) is 24.0 Å². The molecule has 1 saturated carbocycles. The van der Waals surface area contributed by atoms with Gasteiger partial charge in [-0.05, 0) is 54.7 Å². The van der Waals surface area contributed by atoms with Gasteiger partial charge in [-0.15, -0.1) is 0 Å². The Balaban J connectivity index is 1.42. The van der Waals surface area contributed by atoms with Crippen LogP contribution in [-0.4, -0.2) is 25.6 Å². The molecule has 0 bridgehead atoms. The highest BCUT2D eigenvalue weighted by molar-refractivity contribution is 6.37. The van der Waals surface area contributed by atoms with Crippen molar-refractivity contribution in [3.8, 4) is 5.69 Å². The fourth-order valence-electron chi connectivity index (χ4n) is 4.80. The molecule has 1 aliphatic heterocycles. The van der Waals surface area contributed by atoms with Crippen LogP contribution < -0.4 is 21.8 Å². The number of nitrogens with one attached hydrogen (secondary N) is 3. The number of benzene rings is 2. The van der Waals surface area contributed by atoms with Crippen LogP contribution in [0.25, 0.3) is 16.7 Å². The van der Waals surface area contributed by atoms with Crippen LogP contribution in [0.3, 0.4) is 0 Å². The van der Waals surface area contributed by atoms with Gasteiger partial charge in [0.05, 0.1) is 21.1 Å². The third-order valence-corrected chi connectivity index (χ3v) is 7.30. The molecule has 2 aromatic carbocycles. The Hall–Kier alpha value is -3.20. The minimum Gasteiger partial charge on any atom is -0.324 e. The molecule has 10 heteroatoms. The number of aryl methyl sites for hydroxylation is 1. The van der Waals surface area contributed by atoms with Gasteiger partial charge < -0.3 is 10.6 Å². The lowest BCUT2D eigenvalue weighted by atomic mass is 9.92. The van der Waals surface area contributed by atoms with Crippen LogP contribution in [-0.2, 0) is 19.0 Å². The van der Waals surface area contributed by atoms with E-state index in [0.29, 0.717) is 17.0 Å². The summed E-state index contributed by atoms with van der Waals surface area (Å²) in [5, 5.41) is 16.5. The highest BCUT2D eigenvalue weighted by atomic mass is 35.5. The third kappa shape index (κ3) is 3.25. The van der Waals surface area contributed by atoms with Crippen molar-refractivity contribution in [1.29, 1.82) is 5.41 Å². The first-order chi connectivity index (χ1) is 16.4. The van der Waals surface area contributed by atoms with E-state index in [0.717, 1.165) is 18.7 Å².